The van der Waals surface area contributed by atoms with Gasteiger partial charge in [-0.25, -0.2) is 9.48 Å². The lowest BCUT2D eigenvalue weighted by Gasteiger charge is -2.10. The summed E-state index contributed by atoms with van der Waals surface area (Å²) in [4.78, 5) is 26.9. The summed E-state index contributed by atoms with van der Waals surface area (Å²) in [7, 11) is 0. The fourth-order valence-corrected chi connectivity index (χ4v) is 2.18. The summed E-state index contributed by atoms with van der Waals surface area (Å²) in [6.45, 7) is 1.78. The first-order valence-corrected chi connectivity index (χ1v) is 7.52. The third kappa shape index (κ3) is 3.69. The highest BCUT2D eigenvalue weighted by Gasteiger charge is 2.16. The van der Waals surface area contributed by atoms with Gasteiger partial charge in [-0.3, -0.25) is 9.78 Å². The summed E-state index contributed by atoms with van der Waals surface area (Å²) < 4.78 is 1.62. The van der Waals surface area contributed by atoms with Crippen molar-refractivity contribution in [2.75, 3.05) is 0 Å². The lowest BCUT2D eigenvalue weighted by molar-refractivity contribution is 0.0695. The lowest BCUT2D eigenvalue weighted by Crippen LogP contribution is -2.27. The van der Waals surface area contributed by atoms with Crippen molar-refractivity contribution >= 4 is 11.9 Å². The Morgan fingerprint density at radius 1 is 1.16 bits per heavy atom. The summed E-state index contributed by atoms with van der Waals surface area (Å²) in [6, 6.07) is 11.8. The van der Waals surface area contributed by atoms with Crippen LogP contribution in [-0.4, -0.2) is 37.0 Å². The number of rotatable bonds is 5. The number of hydrogen-bond acceptors (Lipinski definition) is 5. The first-order chi connectivity index (χ1) is 12.0. The molecule has 1 amide bonds. The van der Waals surface area contributed by atoms with Crippen molar-refractivity contribution in [2.45, 2.75) is 13.0 Å². The van der Waals surface area contributed by atoms with Crippen molar-refractivity contribution in [3.63, 3.8) is 0 Å². The zero-order valence-electron chi connectivity index (χ0n) is 13.3. The van der Waals surface area contributed by atoms with Crippen molar-refractivity contribution in [1.82, 2.24) is 25.3 Å². The van der Waals surface area contributed by atoms with Gasteiger partial charge in [-0.15, -0.1) is 5.10 Å². The average Bonchev–Trinajstić information content (AvgIpc) is 3.13. The van der Waals surface area contributed by atoms with Crippen LogP contribution >= 0.6 is 0 Å². The quantitative estimate of drug-likeness (QED) is 0.735. The Morgan fingerprint density at radius 2 is 1.92 bits per heavy atom. The third-order valence-corrected chi connectivity index (χ3v) is 3.57. The van der Waals surface area contributed by atoms with Crippen LogP contribution in [0.3, 0.4) is 0 Å². The van der Waals surface area contributed by atoms with Gasteiger partial charge in [0.2, 0.25) is 0 Å². The summed E-state index contributed by atoms with van der Waals surface area (Å²) in [5.74, 6) is -1.51. The van der Waals surface area contributed by atoms with Crippen molar-refractivity contribution < 1.29 is 14.7 Å². The Labute approximate surface area is 143 Å². The Balaban J connectivity index is 1.69. The van der Waals surface area contributed by atoms with Gasteiger partial charge in [0, 0.05) is 6.20 Å². The normalized spacial score (nSPS) is 11.7. The van der Waals surface area contributed by atoms with E-state index in [0.717, 1.165) is 11.9 Å². The molecular formula is C17H15N5O3. The maximum absolute atomic E-state index is 12.2. The minimum atomic E-state index is -1.09. The molecule has 0 bridgehead atoms. The first-order valence-electron chi connectivity index (χ1n) is 7.52. The second-order valence-electron chi connectivity index (χ2n) is 5.36. The summed E-state index contributed by atoms with van der Waals surface area (Å²) in [5, 5.41) is 19.7. The van der Waals surface area contributed by atoms with Gasteiger partial charge in [-0.05, 0) is 31.2 Å². The fraction of sp³-hybridized carbons (Fsp3) is 0.118. The molecule has 0 fully saturated rings. The largest absolute Gasteiger partial charge is 0.478 e. The van der Waals surface area contributed by atoms with Gasteiger partial charge in [0.25, 0.3) is 5.91 Å². The molecule has 0 saturated carbocycles. The Hall–Kier alpha value is -3.55. The molecular weight excluding hydrogens is 322 g/mol. The SMILES string of the molecule is CC(NC(=O)c1ccc(C(=O)O)cn1)c1cn(-c2ccccc2)nn1. The number of carboxylic acids is 1. The molecule has 0 spiro atoms. The number of aromatic nitrogens is 4. The Kier molecular flexibility index (Phi) is 4.51. The van der Waals surface area contributed by atoms with Crippen LogP contribution in [0.15, 0.2) is 54.9 Å². The molecule has 0 saturated heterocycles. The number of hydrogen-bond donors (Lipinski definition) is 2. The van der Waals surface area contributed by atoms with Gasteiger partial charge in [-0.1, -0.05) is 23.4 Å². The van der Waals surface area contributed by atoms with Crippen LogP contribution in [-0.2, 0) is 0 Å². The van der Waals surface area contributed by atoms with Gasteiger partial charge in [0.1, 0.15) is 11.4 Å². The van der Waals surface area contributed by atoms with Gasteiger partial charge in [0.05, 0.1) is 23.5 Å². The monoisotopic (exact) mass is 337 g/mol. The minimum absolute atomic E-state index is 0.0235. The second kappa shape index (κ2) is 6.91. The maximum Gasteiger partial charge on any atom is 0.337 e. The predicted molar refractivity (Wildman–Crippen MR) is 88.4 cm³/mol. The zero-order valence-corrected chi connectivity index (χ0v) is 13.3. The number of aromatic carboxylic acids is 1. The van der Waals surface area contributed by atoms with Crippen LogP contribution in [0.1, 0.15) is 39.5 Å². The number of nitrogens with one attached hydrogen (secondary N) is 1. The number of carbonyl (C=O) groups excluding carboxylic acids is 1. The molecule has 2 N–H and O–H groups in total. The van der Waals surface area contributed by atoms with E-state index in [1.165, 1.54) is 12.1 Å². The van der Waals surface area contributed by atoms with Crippen LogP contribution in [0.2, 0.25) is 0 Å². The molecule has 1 aromatic carbocycles. The van der Waals surface area contributed by atoms with E-state index in [4.69, 9.17) is 5.11 Å². The van der Waals surface area contributed by atoms with Gasteiger partial charge in [0.15, 0.2) is 0 Å². The van der Waals surface area contributed by atoms with Crippen molar-refractivity contribution in [2.24, 2.45) is 0 Å². The Morgan fingerprint density at radius 3 is 2.56 bits per heavy atom. The standard InChI is InChI=1S/C17H15N5O3/c1-11(15-10-22(21-20-15)13-5-3-2-4-6-13)19-16(23)14-8-7-12(9-18-14)17(24)25/h2-11H,1H3,(H,19,23)(H,24,25). The molecule has 8 heteroatoms. The topological polar surface area (TPSA) is 110 Å². The average molecular weight is 337 g/mol. The number of nitrogens with zero attached hydrogens (tertiary/aromatic N) is 4. The molecule has 2 aromatic heterocycles. The van der Waals surface area contributed by atoms with Gasteiger partial charge >= 0.3 is 5.97 Å². The molecule has 1 atom stereocenters. The summed E-state index contributed by atoms with van der Waals surface area (Å²) >= 11 is 0. The predicted octanol–water partition coefficient (Wildman–Crippen LogP) is 1.85. The number of carboxylic acid groups (broad SMARTS) is 1. The van der Waals surface area contributed by atoms with E-state index in [2.05, 4.69) is 20.6 Å². The molecule has 8 nitrogen and oxygen atoms in total. The molecule has 1 unspecified atom stereocenters. The van der Waals surface area contributed by atoms with Crippen LogP contribution in [0.5, 0.6) is 0 Å². The highest BCUT2D eigenvalue weighted by Crippen LogP contribution is 2.12. The maximum atomic E-state index is 12.2. The van der Waals surface area contributed by atoms with E-state index >= 15 is 0 Å². The third-order valence-electron chi connectivity index (χ3n) is 3.57. The lowest BCUT2D eigenvalue weighted by atomic mass is 10.2. The van der Waals surface area contributed by atoms with Crippen LogP contribution < -0.4 is 5.32 Å². The number of para-hydroxylation sites is 1. The molecule has 0 aliphatic rings. The van der Waals surface area contributed by atoms with E-state index in [9.17, 15) is 9.59 Å². The number of benzene rings is 1. The molecule has 3 rings (SSSR count). The fourth-order valence-electron chi connectivity index (χ4n) is 2.18. The summed E-state index contributed by atoms with van der Waals surface area (Å²) in [6.07, 6.45) is 2.88. The van der Waals surface area contributed by atoms with Crippen LogP contribution in [0.25, 0.3) is 5.69 Å². The molecule has 0 radical (unpaired) electrons. The van der Waals surface area contributed by atoms with E-state index in [-0.39, 0.29) is 17.3 Å². The molecule has 2 heterocycles. The molecule has 0 aliphatic carbocycles. The smallest absolute Gasteiger partial charge is 0.337 e. The number of pyridine rings is 1. The molecule has 126 valence electrons. The van der Waals surface area contributed by atoms with Gasteiger partial charge < -0.3 is 10.4 Å². The van der Waals surface area contributed by atoms with E-state index in [1.807, 2.05) is 30.3 Å². The van der Waals surface area contributed by atoms with Crippen molar-refractivity contribution in [3.8, 4) is 5.69 Å². The molecule has 0 aliphatic heterocycles. The van der Waals surface area contributed by atoms with Gasteiger partial charge in [-0.2, -0.15) is 0 Å². The minimum Gasteiger partial charge on any atom is -0.478 e. The van der Waals surface area contributed by atoms with Crippen LogP contribution in [0, 0.1) is 0 Å². The van der Waals surface area contributed by atoms with Crippen molar-refractivity contribution in [3.05, 3.63) is 71.8 Å². The number of amides is 1. The van der Waals surface area contributed by atoms with E-state index < -0.39 is 11.9 Å². The first kappa shape index (κ1) is 16.3. The zero-order chi connectivity index (χ0) is 17.8. The van der Waals surface area contributed by atoms with Crippen LogP contribution in [0.4, 0.5) is 0 Å². The molecule has 25 heavy (non-hydrogen) atoms. The number of carbonyl (C=O) groups is 2. The second-order valence-corrected chi connectivity index (χ2v) is 5.36. The Bertz CT molecular complexity index is 890. The van der Waals surface area contributed by atoms with Crippen molar-refractivity contribution in [1.29, 1.82) is 0 Å². The van der Waals surface area contributed by atoms with E-state index in [0.29, 0.717) is 5.69 Å². The van der Waals surface area contributed by atoms with E-state index in [1.54, 1.807) is 17.8 Å². The highest BCUT2D eigenvalue weighted by molar-refractivity contribution is 5.93. The summed E-state index contributed by atoms with van der Waals surface area (Å²) in [5.41, 5.74) is 1.62. The molecule has 3 aromatic rings. The highest BCUT2D eigenvalue weighted by atomic mass is 16.4.